The minimum Gasteiger partial charge on any atom is -0.464 e. The van der Waals surface area contributed by atoms with E-state index >= 15 is 0 Å². The van der Waals surface area contributed by atoms with E-state index in [1.54, 1.807) is 14.0 Å². The first-order valence-corrected chi connectivity index (χ1v) is 8.21. The number of rotatable bonds is 5. The molecule has 0 saturated carbocycles. The van der Waals surface area contributed by atoms with Gasteiger partial charge in [0.1, 0.15) is 10.6 Å². The minimum absolute atomic E-state index is 0.0797. The monoisotopic (exact) mass is 316 g/mol. The molecule has 1 aliphatic rings. The van der Waals surface area contributed by atoms with Gasteiger partial charge in [-0.3, -0.25) is 0 Å². The van der Waals surface area contributed by atoms with Gasteiger partial charge < -0.3 is 14.0 Å². The van der Waals surface area contributed by atoms with Crippen LogP contribution in [0.3, 0.4) is 0 Å². The van der Waals surface area contributed by atoms with Gasteiger partial charge in [0.15, 0.2) is 0 Å². The summed E-state index contributed by atoms with van der Waals surface area (Å²) < 4.78 is 38.8. The van der Waals surface area contributed by atoms with E-state index in [-0.39, 0.29) is 23.2 Å². The number of aromatic nitrogens is 1. The van der Waals surface area contributed by atoms with Crippen LogP contribution in [0.25, 0.3) is 0 Å². The molecule has 1 saturated heterocycles. The Hall–Kier alpha value is -1.38. The Labute approximate surface area is 124 Å². The summed E-state index contributed by atoms with van der Waals surface area (Å²) in [6.45, 7) is 2.56. The number of hydrogen-bond donors (Lipinski definition) is 1. The Kier molecular flexibility index (Phi) is 4.70. The molecule has 0 unspecified atom stereocenters. The molecule has 0 spiro atoms. The molecule has 0 bridgehead atoms. The molecule has 21 heavy (non-hydrogen) atoms. The second kappa shape index (κ2) is 6.17. The highest BCUT2D eigenvalue weighted by Crippen LogP contribution is 2.20. The average molecular weight is 316 g/mol. The molecular weight excluding hydrogens is 296 g/mol. The highest BCUT2D eigenvalue weighted by atomic mass is 32.2. The minimum atomic E-state index is -3.68. The third-order valence-electron chi connectivity index (χ3n) is 3.70. The third-order valence-corrected chi connectivity index (χ3v) is 5.24. The normalized spacial score (nSPS) is 18.9. The molecule has 118 valence electrons. The molecule has 0 aromatic carbocycles. The fraction of sp³-hybridized carbons (Fsp3) is 0.615. The van der Waals surface area contributed by atoms with Gasteiger partial charge in [-0.05, 0) is 25.8 Å². The van der Waals surface area contributed by atoms with E-state index in [2.05, 4.69) is 9.46 Å². The van der Waals surface area contributed by atoms with E-state index < -0.39 is 16.0 Å². The number of methoxy groups -OCH3 is 1. The largest absolute Gasteiger partial charge is 0.464 e. The van der Waals surface area contributed by atoms with Gasteiger partial charge in [0.2, 0.25) is 10.0 Å². The maximum atomic E-state index is 12.4. The predicted octanol–water partition coefficient (Wildman–Crippen LogP) is 0.577. The van der Waals surface area contributed by atoms with Gasteiger partial charge in [-0.2, -0.15) is 0 Å². The maximum Gasteiger partial charge on any atom is 0.354 e. The lowest BCUT2D eigenvalue weighted by molar-refractivity contribution is 0.0589. The fourth-order valence-electron chi connectivity index (χ4n) is 2.33. The van der Waals surface area contributed by atoms with Crippen molar-refractivity contribution in [1.82, 2.24) is 9.29 Å². The Bertz CT molecular complexity index is 629. The molecule has 1 fully saturated rings. The summed E-state index contributed by atoms with van der Waals surface area (Å²) in [5.41, 5.74) is 0.683. The SMILES string of the molecule is COC(=O)c1cc(S(=O)(=O)NC[C@@H]2CCCO2)c(C)n1C. The van der Waals surface area contributed by atoms with Crippen LogP contribution < -0.4 is 4.72 Å². The number of carbonyl (C=O) groups is 1. The van der Waals surface area contributed by atoms with Crippen molar-refractivity contribution in [2.75, 3.05) is 20.3 Å². The molecule has 0 amide bonds. The molecule has 7 nitrogen and oxygen atoms in total. The Morgan fingerprint density at radius 1 is 1.57 bits per heavy atom. The Balaban J connectivity index is 2.21. The van der Waals surface area contributed by atoms with Crippen molar-refractivity contribution in [2.24, 2.45) is 7.05 Å². The summed E-state index contributed by atoms with van der Waals surface area (Å²) in [7, 11) is -0.796. The van der Waals surface area contributed by atoms with E-state index in [9.17, 15) is 13.2 Å². The summed E-state index contributed by atoms with van der Waals surface area (Å²) in [6, 6.07) is 1.33. The van der Waals surface area contributed by atoms with E-state index in [4.69, 9.17) is 4.74 Å². The predicted molar refractivity (Wildman–Crippen MR) is 75.7 cm³/mol. The smallest absolute Gasteiger partial charge is 0.354 e. The van der Waals surface area contributed by atoms with Crippen LogP contribution in [0.1, 0.15) is 29.0 Å². The number of sulfonamides is 1. The standard InChI is InChI=1S/C13H20N2O5S/c1-9-12(7-11(15(9)2)13(16)19-3)21(17,18)14-8-10-5-4-6-20-10/h7,10,14H,4-6,8H2,1-3H3/t10-/m0/s1. The highest BCUT2D eigenvalue weighted by molar-refractivity contribution is 7.89. The first-order chi connectivity index (χ1) is 9.86. The van der Waals surface area contributed by atoms with Crippen molar-refractivity contribution in [2.45, 2.75) is 30.8 Å². The van der Waals surface area contributed by atoms with Crippen LogP contribution >= 0.6 is 0 Å². The number of nitrogens with zero attached hydrogens (tertiary/aromatic N) is 1. The zero-order chi connectivity index (χ0) is 15.6. The fourth-order valence-corrected chi connectivity index (χ4v) is 3.68. The molecule has 2 rings (SSSR count). The third kappa shape index (κ3) is 3.28. The number of ether oxygens (including phenoxy) is 2. The topological polar surface area (TPSA) is 86.6 Å². The van der Waals surface area contributed by atoms with Crippen molar-refractivity contribution >= 4 is 16.0 Å². The second-order valence-electron chi connectivity index (χ2n) is 5.02. The Morgan fingerprint density at radius 2 is 2.29 bits per heavy atom. The van der Waals surface area contributed by atoms with Gasteiger partial charge in [-0.1, -0.05) is 0 Å². The van der Waals surface area contributed by atoms with Crippen LogP contribution in [0.2, 0.25) is 0 Å². The first-order valence-electron chi connectivity index (χ1n) is 6.72. The molecule has 2 heterocycles. The van der Waals surface area contributed by atoms with Gasteiger partial charge in [-0.15, -0.1) is 0 Å². The summed E-state index contributed by atoms with van der Waals surface area (Å²) in [4.78, 5) is 11.7. The molecule has 1 aromatic rings. The van der Waals surface area contributed by atoms with Gasteiger partial charge >= 0.3 is 5.97 Å². The number of esters is 1. The number of nitrogens with one attached hydrogen (secondary N) is 1. The van der Waals surface area contributed by atoms with Crippen LogP contribution in [0.15, 0.2) is 11.0 Å². The van der Waals surface area contributed by atoms with E-state index in [0.717, 1.165) is 12.8 Å². The molecular formula is C13H20N2O5S. The maximum absolute atomic E-state index is 12.4. The van der Waals surface area contributed by atoms with Crippen LogP contribution in [0.4, 0.5) is 0 Å². The quantitative estimate of drug-likeness (QED) is 0.803. The van der Waals surface area contributed by atoms with Crippen LogP contribution in [-0.2, 0) is 26.5 Å². The van der Waals surface area contributed by atoms with Crippen molar-refractivity contribution in [3.8, 4) is 0 Å². The first kappa shape index (κ1) is 16.0. The van der Waals surface area contributed by atoms with Crippen LogP contribution in [-0.4, -0.2) is 45.3 Å². The van der Waals surface area contributed by atoms with Gasteiger partial charge in [0.05, 0.1) is 13.2 Å². The number of carbonyl (C=O) groups excluding carboxylic acids is 1. The van der Waals surface area contributed by atoms with Crippen molar-refractivity contribution < 1.29 is 22.7 Å². The van der Waals surface area contributed by atoms with E-state index in [0.29, 0.717) is 12.3 Å². The van der Waals surface area contributed by atoms with E-state index in [1.807, 2.05) is 0 Å². The van der Waals surface area contributed by atoms with E-state index in [1.165, 1.54) is 17.7 Å². The van der Waals surface area contributed by atoms with Crippen LogP contribution in [0, 0.1) is 6.92 Å². The van der Waals surface area contributed by atoms with Crippen molar-refractivity contribution in [3.63, 3.8) is 0 Å². The number of hydrogen-bond acceptors (Lipinski definition) is 5. The summed E-state index contributed by atoms with van der Waals surface area (Å²) in [6.07, 6.45) is 1.72. The van der Waals surface area contributed by atoms with Gasteiger partial charge in [0.25, 0.3) is 0 Å². The molecule has 0 aliphatic carbocycles. The zero-order valence-electron chi connectivity index (χ0n) is 12.4. The molecule has 0 radical (unpaired) electrons. The molecule has 1 aliphatic heterocycles. The second-order valence-corrected chi connectivity index (χ2v) is 6.75. The molecule has 1 atom stereocenters. The Morgan fingerprint density at radius 3 is 2.86 bits per heavy atom. The summed E-state index contributed by atoms with van der Waals surface area (Å²) >= 11 is 0. The highest BCUT2D eigenvalue weighted by Gasteiger charge is 2.26. The molecule has 1 N–H and O–H groups in total. The zero-order valence-corrected chi connectivity index (χ0v) is 13.2. The molecule has 1 aromatic heterocycles. The van der Waals surface area contributed by atoms with Gasteiger partial charge in [0, 0.05) is 25.9 Å². The summed E-state index contributed by atoms with van der Waals surface area (Å²) in [5.74, 6) is -0.568. The van der Waals surface area contributed by atoms with Crippen molar-refractivity contribution in [1.29, 1.82) is 0 Å². The lowest BCUT2D eigenvalue weighted by atomic mass is 10.2. The van der Waals surface area contributed by atoms with Gasteiger partial charge in [-0.25, -0.2) is 17.9 Å². The lowest BCUT2D eigenvalue weighted by Gasteiger charge is -2.11. The summed E-state index contributed by atoms with van der Waals surface area (Å²) in [5, 5.41) is 0. The lowest BCUT2D eigenvalue weighted by Crippen LogP contribution is -2.32. The molecule has 8 heteroatoms. The average Bonchev–Trinajstić information content (AvgIpc) is 3.06. The van der Waals surface area contributed by atoms with Crippen LogP contribution in [0.5, 0.6) is 0 Å². The van der Waals surface area contributed by atoms with Crippen molar-refractivity contribution in [3.05, 3.63) is 17.5 Å².